The molecule has 160 valence electrons. The average Bonchev–Trinajstić information content (AvgIpc) is 3.32. The van der Waals surface area contributed by atoms with Gasteiger partial charge in [-0.25, -0.2) is 14.2 Å². The number of fused-ring (bicyclic) bond motifs is 3. The number of guanidine groups is 1. The molecule has 2 atom stereocenters. The quantitative estimate of drug-likeness (QED) is 0.765. The van der Waals surface area contributed by atoms with E-state index in [0.29, 0.717) is 12.1 Å². The van der Waals surface area contributed by atoms with Crippen molar-refractivity contribution < 1.29 is 14.0 Å². The molecule has 0 bridgehead atoms. The van der Waals surface area contributed by atoms with Gasteiger partial charge < -0.3 is 14.7 Å². The molecule has 2 fully saturated rings. The molecule has 2 aromatic carbocycles. The van der Waals surface area contributed by atoms with Gasteiger partial charge in [0.25, 0.3) is 5.91 Å². The number of imide groups is 1. The number of amides is 3. The maximum Gasteiger partial charge on any atom is 0.328 e. The monoisotopic (exact) mass is 421 g/mol. The van der Waals surface area contributed by atoms with Gasteiger partial charge in [0.05, 0.1) is 6.54 Å². The molecule has 0 radical (unpaired) electrons. The fourth-order valence-corrected chi connectivity index (χ4v) is 4.61. The molecular weight excluding hydrogens is 397 g/mol. The van der Waals surface area contributed by atoms with Crippen molar-refractivity contribution in [3.63, 3.8) is 0 Å². The van der Waals surface area contributed by atoms with Crippen molar-refractivity contribution in [1.29, 1.82) is 0 Å². The molecule has 0 spiro atoms. The van der Waals surface area contributed by atoms with Crippen LogP contribution in [0, 0.1) is 19.7 Å². The minimum Gasteiger partial charge on any atom is -0.325 e. The van der Waals surface area contributed by atoms with E-state index < -0.39 is 12.2 Å². The molecule has 0 N–H and O–H groups in total. The van der Waals surface area contributed by atoms with Crippen molar-refractivity contribution in [3.8, 4) is 0 Å². The van der Waals surface area contributed by atoms with Crippen LogP contribution in [0.2, 0.25) is 0 Å². The Morgan fingerprint density at radius 1 is 1.06 bits per heavy atom. The zero-order valence-electron chi connectivity index (χ0n) is 17.7. The maximum absolute atomic E-state index is 13.4. The van der Waals surface area contributed by atoms with Crippen LogP contribution >= 0.6 is 0 Å². The molecule has 3 aliphatic rings. The fraction of sp³-hybridized carbons (Fsp3) is 0.348. The third-order valence-corrected chi connectivity index (χ3v) is 6.50. The summed E-state index contributed by atoms with van der Waals surface area (Å²) in [4.78, 5) is 38.1. The second kappa shape index (κ2) is 7.08. The first kappa shape index (κ1) is 19.5. The number of rotatable bonds is 3. The summed E-state index contributed by atoms with van der Waals surface area (Å²) >= 11 is 0. The number of halogens is 1. The molecule has 0 aliphatic carbocycles. The van der Waals surface area contributed by atoms with Crippen LogP contribution in [0.15, 0.2) is 47.5 Å². The normalized spacial score (nSPS) is 22.8. The topological polar surface area (TPSA) is 59.5 Å². The lowest BCUT2D eigenvalue weighted by Gasteiger charge is -2.40. The van der Waals surface area contributed by atoms with Gasteiger partial charge in [-0.2, -0.15) is 0 Å². The molecule has 7 nitrogen and oxygen atoms in total. The standard InChI is InChI=1S/C23H24FN5O2/c1-14-5-4-6-18(15(14)2)27-11-12-28-19-20(25-22(27)28)26(3)23(31)29(21(19)30)13-16-7-9-17(24)10-8-16/h4-10,19-20H,11-13H2,1-3H3. The number of hydrogen-bond donors (Lipinski definition) is 0. The van der Waals surface area contributed by atoms with E-state index in [0.717, 1.165) is 18.2 Å². The van der Waals surface area contributed by atoms with Crippen LogP contribution in [-0.4, -0.2) is 64.9 Å². The fourth-order valence-electron chi connectivity index (χ4n) is 4.61. The highest BCUT2D eigenvalue weighted by Crippen LogP contribution is 2.35. The van der Waals surface area contributed by atoms with Gasteiger partial charge in [0, 0.05) is 25.8 Å². The number of likely N-dealkylation sites (N-methyl/N-ethyl adjacent to an activating group) is 1. The van der Waals surface area contributed by atoms with Gasteiger partial charge in [-0.05, 0) is 48.7 Å². The van der Waals surface area contributed by atoms with Crippen molar-refractivity contribution in [2.45, 2.75) is 32.6 Å². The summed E-state index contributed by atoms with van der Waals surface area (Å²) in [5.41, 5.74) is 4.15. The van der Waals surface area contributed by atoms with Crippen LogP contribution < -0.4 is 4.90 Å². The summed E-state index contributed by atoms with van der Waals surface area (Å²) in [6.07, 6.45) is -0.549. The van der Waals surface area contributed by atoms with Crippen molar-refractivity contribution in [3.05, 3.63) is 65.0 Å². The van der Waals surface area contributed by atoms with Gasteiger partial charge in [0.1, 0.15) is 5.82 Å². The predicted octanol–water partition coefficient (Wildman–Crippen LogP) is 2.72. The molecule has 2 aromatic rings. The molecule has 2 unspecified atom stereocenters. The van der Waals surface area contributed by atoms with Crippen molar-refractivity contribution in [2.75, 3.05) is 25.0 Å². The summed E-state index contributed by atoms with van der Waals surface area (Å²) in [7, 11) is 1.68. The van der Waals surface area contributed by atoms with E-state index in [2.05, 4.69) is 30.9 Å². The molecule has 0 aromatic heterocycles. The van der Waals surface area contributed by atoms with Gasteiger partial charge >= 0.3 is 6.03 Å². The molecular formula is C23H24FN5O2. The van der Waals surface area contributed by atoms with Crippen molar-refractivity contribution in [1.82, 2.24) is 14.7 Å². The Kier molecular flexibility index (Phi) is 4.46. The molecule has 31 heavy (non-hydrogen) atoms. The predicted molar refractivity (Wildman–Crippen MR) is 115 cm³/mol. The first-order valence-electron chi connectivity index (χ1n) is 10.4. The smallest absolute Gasteiger partial charge is 0.325 e. The Morgan fingerprint density at radius 2 is 1.81 bits per heavy atom. The summed E-state index contributed by atoms with van der Waals surface area (Å²) < 4.78 is 13.3. The van der Waals surface area contributed by atoms with Gasteiger partial charge in [-0.3, -0.25) is 9.69 Å². The Morgan fingerprint density at radius 3 is 2.55 bits per heavy atom. The van der Waals surface area contributed by atoms with Crippen LogP contribution in [0.5, 0.6) is 0 Å². The first-order valence-corrected chi connectivity index (χ1v) is 10.4. The lowest BCUT2D eigenvalue weighted by Crippen LogP contribution is -2.64. The largest absolute Gasteiger partial charge is 0.328 e. The van der Waals surface area contributed by atoms with E-state index in [9.17, 15) is 14.0 Å². The second-order valence-electron chi connectivity index (χ2n) is 8.30. The minimum atomic E-state index is -0.549. The zero-order chi connectivity index (χ0) is 21.9. The van der Waals surface area contributed by atoms with E-state index in [-0.39, 0.29) is 24.3 Å². The van der Waals surface area contributed by atoms with E-state index in [1.54, 1.807) is 19.2 Å². The average molecular weight is 421 g/mol. The minimum absolute atomic E-state index is 0.107. The van der Waals surface area contributed by atoms with Crippen LogP contribution in [0.1, 0.15) is 16.7 Å². The number of benzene rings is 2. The van der Waals surface area contributed by atoms with E-state index in [1.165, 1.54) is 33.1 Å². The summed E-state index contributed by atoms with van der Waals surface area (Å²) in [5.74, 6) is 0.119. The lowest BCUT2D eigenvalue weighted by atomic mass is 10.1. The summed E-state index contributed by atoms with van der Waals surface area (Å²) in [6.45, 7) is 5.66. The molecule has 0 saturated carbocycles. The lowest BCUT2D eigenvalue weighted by molar-refractivity contribution is -0.137. The molecule has 5 rings (SSSR count). The Hall–Kier alpha value is -3.42. The highest BCUT2D eigenvalue weighted by atomic mass is 19.1. The molecule has 2 saturated heterocycles. The first-order chi connectivity index (χ1) is 14.9. The SMILES string of the molecule is Cc1cccc(N2CCN3C2=NC2C3C(=O)N(Cc3ccc(F)cc3)C(=O)N2C)c1C. The van der Waals surface area contributed by atoms with Crippen molar-refractivity contribution >= 4 is 23.6 Å². The summed E-state index contributed by atoms with van der Waals surface area (Å²) in [5, 5.41) is 0. The molecule has 3 heterocycles. The number of urea groups is 1. The maximum atomic E-state index is 13.4. The molecule has 8 heteroatoms. The van der Waals surface area contributed by atoms with E-state index in [4.69, 9.17) is 4.99 Å². The number of anilines is 1. The van der Waals surface area contributed by atoms with Gasteiger partial charge in [-0.15, -0.1) is 0 Å². The summed E-state index contributed by atoms with van der Waals surface area (Å²) in [6, 6.07) is 11.1. The van der Waals surface area contributed by atoms with Crippen molar-refractivity contribution in [2.24, 2.45) is 4.99 Å². The van der Waals surface area contributed by atoms with Gasteiger partial charge in [0.15, 0.2) is 12.2 Å². The van der Waals surface area contributed by atoms with Gasteiger partial charge in [0.2, 0.25) is 5.96 Å². The molecule has 3 amide bonds. The highest BCUT2D eigenvalue weighted by molar-refractivity contribution is 6.08. The zero-order valence-corrected chi connectivity index (χ0v) is 17.7. The van der Waals surface area contributed by atoms with E-state index >= 15 is 0 Å². The van der Waals surface area contributed by atoms with Crippen LogP contribution in [0.3, 0.4) is 0 Å². The Labute approximate surface area is 180 Å². The second-order valence-corrected chi connectivity index (χ2v) is 8.30. The Bertz CT molecular complexity index is 1100. The number of carbonyl (C=O) groups excluding carboxylic acids is 2. The third-order valence-electron chi connectivity index (χ3n) is 6.50. The number of aryl methyl sites for hydroxylation is 1. The Balaban J connectivity index is 1.45. The number of nitrogens with zero attached hydrogens (tertiary/aromatic N) is 5. The number of hydrogen-bond acceptors (Lipinski definition) is 5. The van der Waals surface area contributed by atoms with Gasteiger partial charge in [-0.1, -0.05) is 24.3 Å². The molecule has 3 aliphatic heterocycles. The van der Waals surface area contributed by atoms with Crippen LogP contribution in [0.25, 0.3) is 0 Å². The highest BCUT2D eigenvalue weighted by Gasteiger charge is 2.54. The van der Waals surface area contributed by atoms with E-state index in [1.807, 2.05) is 11.0 Å². The number of carbonyl (C=O) groups is 2. The van der Waals surface area contributed by atoms with Crippen LogP contribution in [0.4, 0.5) is 14.9 Å². The van der Waals surface area contributed by atoms with Crippen LogP contribution in [-0.2, 0) is 11.3 Å². The number of aliphatic imine (C=N–C) groups is 1. The third kappa shape index (κ3) is 2.97.